The maximum atomic E-state index is 5.20. The summed E-state index contributed by atoms with van der Waals surface area (Å²) in [5.41, 5.74) is 0.755. The van der Waals surface area contributed by atoms with Crippen LogP contribution in [0.2, 0.25) is 0 Å². The molecule has 3 heterocycles. The Labute approximate surface area is 92.7 Å². The molecule has 0 bridgehead atoms. The van der Waals surface area contributed by atoms with Crippen LogP contribution in [0, 0.1) is 6.92 Å². The van der Waals surface area contributed by atoms with E-state index in [1.54, 1.807) is 6.26 Å². The summed E-state index contributed by atoms with van der Waals surface area (Å²) >= 11 is 0. The lowest BCUT2D eigenvalue weighted by Crippen LogP contribution is -2.32. The van der Waals surface area contributed by atoms with E-state index in [9.17, 15) is 0 Å². The molecule has 1 aliphatic rings. The Balaban J connectivity index is 2.09. The molecule has 1 N–H and O–H groups in total. The Bertz CT molecular complexity index is 515. The largest absolute Gasteiger partial charge is 0.449 e. The molecule has 2 aromatic rings. The normalized spacial score (nSPS) is 19.8. The minimum Gasteiger partial charge on any atom is -0.449 e. The number of oxazole rings is 1. The first-order chi connectivity index (χ1) is 7.75. The molecule has 0 fully saturated rings. The Hall–Kier alpha value is -1.69. The van der Waals surface area contributed by atoms with Crippen molar-refractivity contribution in [1.82, 2.24) is 25.1 Å². The van der Waals surface area contributed by atoms with Crippen LogP contribution >= 0.6 is 0 Å². The molecule has 3 rings (SSSR count). The van der Waals surface area contributed by atoms with Crippen LogP contribution in [0.1, 0.15) is 24.7 Å². The van der Waals surface area contributed by atoms with Gasteiger partial charge < -0.3 is 14.3 Å². The van der Waals surface area contributed by atoms with Crippen molar-refractivity contribution in [2.24, 2.45) is 0 Å². The molecule has 0 saturated carbocycles. The Morgan fingerprint density at radius 1 is 1.50 bits per heavy atom. The van der Waals surface area contributed by atoms with Gasteiger partial charge in [-0.3, -0.25) is 0 Å². The van der Waals surface area contributed by atoms with Crippen LogP contribution in [0.4, 0.5) is 0 Å². The zero-order chi connectivity index (χ0) is 11.1. The third-order valence-electron chi connectivity index (χ3n) is 2.80. The average molecular weight is 219 g/mol. The average Bonchev–Trinajstić information content (AvgIpc) is 2.84. The molecule has 1 aliphatic heterocycles. The molecular formula is C10H13N5O. The quantitative estimate of drug-likeness (QED) is 0.772. The van der Waals surface area contributed by atoms with Crippen molar-refractivity contribution < 1.29 is 4.42 Å². The molecule has 1 atom stereocenters. The van der Waals surface area contributed by atoms with E-state index >= 15 is 0 Å². The minimum absolute atomic E-state index is 0.239. The van der Waals surface area contributed by atoms with Crippen molar-refractivity contribution >= 4 is 0 Å². The lowest BCUT2D eigenvalue weighted by atomic mass is 10.2. The summed E-state index contributed by atoms with van der Waals surface area (Å²) in [4.78, 5) is 4.28. The van der Waals surface area contributed by atoms with Crippen molar-refractivity contribution in [2.45, 2.75) is 26.4 Å². The number of hydrogen-bond acceptors (Lipinski definition) is 5. The first kappa shape index (κ1) is 9.53. The van der Waals surface area contributed by atoms with Crippen LogP contribution in [0.15, 0.2) is 10.7 Å². The highest BCUT2D eigenvalue weighted by Crippen LogP contribution is 2.22. The summed E-state index contributed by atoms with van der Waals surface area (Å²) in [5, 5.41) is 11.7. The molecule has 6 nitrogen and oxygen atoms in total. The standard InChI is InChI=1S/C10H13N5O/c1-6-9-13-14-10(15(9)4-3-11-6)8-5-16-7(2)12-8/h5-6,11H,3-4H2,1-2H3/t6-/m0/s1. The predicted octanol–water partition coefficient (Wildman–Crippen LogP) is 0.906. The van der Waals surface area contributed by atoms with E-state index in [2.05, 4.69) is 32.0 Å². The number of nitrogens with zero attached hydrogens (tertiary/aromatic N) is 4. The maximum absolute atomic E-state index is 5.20. The fourth-order valence-electron chi connectivity index (χ4n) is 2.00. The van der Waals surface area contributed by atoms with Crippen molar-refractivity contribution in [3.8, 4) is 11.5 Å². The lowest BCUT2D eigenvalue weighted by Gasteiger charge is -2.21. The molecule has 0 radical (unpaired) electrons. The molecular weight excluding hydrogens is 206 g/mol. The molecule has 0 aromatic carbocycles. The summed E-state index contributed by atoms with van der Waals surface area (Å²) in [5.74, 6) is 2.40. The smallest absolute Gasteiger partial charge is 0.191 e. The fourth-order valence-corrected chi connectivity index (χ4v) is 2.00. The summed E-state index contributed by atoms with van der Waals surface area (Å²) in [6, 6.07) is 0.239. The van der Waals surface area contributed by atoms with Crippen LogP contribution < -0.4 is 5.32 Å². The molecule has 0 unspecified atom stereocenters. The Morgan fingerprint density at radius 3 is 3.12 bits per heavy atom. The number of hydrogen-bond donors (Lipinski definition) is 1. The van der Waals surface area contributed by atoms with Crippen LogP contribution in [-0.2, 0) is 6.54 Å². The Kier molecular flexibility index (Phi) is 2.03. The van der Waals surface area contributed by atoms with Crippen LogP contribution in [-0.4, -0.2) is 26.3 Å². The monoisotopic (exact) mass is 219 g/mol. The zero-order valence-corrected chi connectivity index (χ0v) is 9.27. The van der Waals surface area contributed by atoms with E-state index in [0.29, 0.717) is 5.89 Å². The van der Waals surface area contributed by atoms with Gasteiger partial charge in [0.15, 0.2) is 11.7 Å². The van der Waals surface area contributed by atoms with Crippen molar-refractivity contribution in [3.63, 3.8) is 0 Å². The predicted molar refractivity (Wildman–Crippen MR) is 56.7 cm³/mol. The van der Waals surface area contributed by atoms with Gasteiger partial charge in [0.2, 0.25) is 0 Å². The summed E-state index contributed by atoms with van der Waals surface area (Å²) in [6.45, 7) is 5.70. The summed E-state index contributed by atoms with van der Waals surface area (Å²) < 4.78 is 7.29. The molecule has 84 valence electrons. The fraction of sp³-hybridized carbons (Fsp3) is 0.500. The van der Waals surface area contributed by atoms with E-state index in [0.717, 1.165) is 30.4 Å². The number of fused-ring (bicyclic) bond motifs is 1. The second-order valence-corrected chi connectivity index (χ2v) is 3.96. The van der Waals surface area contributed by atoms with Crippen LogP contribution in [0.25, 0.3) is 11.5 Å². The maximum Gasteiger partial charge on any atom is 0.191 e. The molecule has 0 spiro atoms. The van der Waals surface area contributed by atoms with Crippen molar-refractivity contribution in [3.05, 3.63) is 18.0 Å². The highest BCUT2D eigenvalue weighted by molar-refractivity contribution is 5.47. The summed E-state index contributed by atoms with van der Waals surface area (Å²) in [6.07, 6.45) is 1.62. The van der Waals surface area contributed by atoms with Gasteiger partial charge in [0.25, 0.3) is 0 Å². The SMILES string of the molecule is Cc1nc(-c2nnc3n2CCN[C@H]3C)co1. The number of rotatable bonds is 1. The number of aromatic nitrogens is 4. The van der Waals surface area contributed by atoms with Gasteiger partial charge in [0.05, 0.1) is 6.04 Å². The molecule has 6 heteroatoms. The number of aryl methyl sites for hydroxylation is 1. The van der Waals surface area contributed by atoms with Gasteiger partial charge in [-0.1, -0.05) is 0 Å². The van der Waals surface area contributed by atoms with E-state index in [-0.39, 0.29) is 6.04 Å². The van der Waals surface area contributed by atoms with E-state index in [1.165, 1.54) is 0 Å². The Morgan fingerprint density at radius 2 is 2.38 bits per heavy atom. The van der Waals surface area contributed by atoms with E-state index < -0.39 is 0 Å². The minimum atomic E-state index is 0.239. The zero-order valence-electron chi connectivity index (χ0n) is 9.27. The highest BCUT2D eigenvalue weighted by atomic mass is 16.3. The second kappa shape index (κ2) is 3.41. The van der Waals surface area contributed by atoms with Gasteiger partial charge in [-0.25, -0.2) is 4.98 Å². The topological polar surface area (TPSA) is 68.8 Å². The van der Waals surface area contributed by atoms with E-state index in [4.69, 9.17) is 4.42 Å². The van der Waals surface area contributed by atoms with Gasteiger partial charge in [-0.2, -0.15) is 0 Å². The van der Waals surface area contributed by atoms with Crippen molar-refractivity contribution in [1.29, 1.82) is 0 Å². The molecule has 2 aromatic heterocycles. The van der Waals surface area contributed by atoms with Crippen molar-refractivity contribution in [2.75, 3.05) is 6.54 Å². The van der Waals surface area contributed by atoms with Gasteiger partial charge in [0.1, 0.15) is 17.8 Å². The molecule has 16 heavy (non-hydrogen) atoms. The first-order valence-corrected chi connectivity index (χ1v) is 5.34. The van der Waals surface area contributed by atoms with Gasteiger partial charge in [0, 0.05) is 20.0 Å². The molecule has 0 amide bonds. The summed E-state index contributed by atoms with van der Waals surface area (Å²) in [7, 11) is 0. The first-order valence-electron chi connectivity index (χ1n) is 5.34. The highest BCUT2D eigenvalue weighted by Gasteiger charge is 2.23. The third kappa shape index (κ3) is 1.34. The number of nitrogens with one attached hydrogen (secondary N) is 1. The third-order valence-corrected chi connectivity index (χ3v) is 2.80. The van der Waals surface area contributed by atoms with Gasteiger partial charge in [-0.15, -0.1) is 10.2 Å². The van der Waals surface area contributed by atoms with E-state index in [1.807, 2.05) is 6.92 Å². The van der Waals surface area contributed by atoms with Gasteiger partial charge >= 0.3 is 0 Å². The molecule has 0 aliphatic carbocycles. The molecule has 0 saturated heterocycles. The van der Waals surface area contributed by atoms with Crippen LogP contribution in [0.5, 0.6) is 0 Å². The second-order valence-electron chi connectivity index (χ2n) is 3.96. The van der Waals surface area contributed by atoms with Crippen LogP contribution in [0.3, 0.4) is 0 Å². The lowest BCUT2D eigenvalue weighted by molar-refractivity contribution is 0.438. The van der Waals surface area contributed by atoms with Gasteiger partial charge in [-0.05, 0) is 6.92 Å².